The molecule has 1 aliphatic carbocycles. The molecule has 0 radical (unpaired) electrons. The quantitative estimate of drug-likeness (QED) is 0.364. The molecule has 0 spiro atoms. The number of thiophene rings is 1. The van der Waals surface area contributed by atoms with E-state index in [-0.39, 0.29) is 10.5 Å². The third-order valence-corrected chi connectivity index (χ3v) is 7.74. The number of carbonyl (C=O) groups excluding carboxylic acids is 2. The van der Waals surface area contributed by atoms with Crippen LogP contribution in [0, 0.1) is 11.3 Å². The summed E-state index contributed by atoms with van der Waals surface area (Å²) < 4.78 is 17.1. The van der Waals surface area contributed by atoms with Gasteiger partial charge in [0.1, 0.15) is 5.00 Å². The van der Waals surface area contributed by atoms with Crippen LogP contribution < -0.4 is 30.6 Å². The molecule has 202 valence electrons. The van der Waals surface area contributed by atoms with Gasteiger partial charge in [0, 0.05) is 10.4 Å². The number of primary amides is 1. The molecule has 1 aromatic heterocycles. The summed E-state index contributed by atoms with van der Waals surface area (Å²) in [6.45, 7) is 13.5. The van der Waals surface area contributed by atoms with E-state index in [1.165, 1.54) is 11.3 Å². The highest BCUT2D eigenvalue weighted by atomic mass is 32.1. The smallest absolute Gasteiger partial charge is 0.257 e. The molecule has 1 aromatic carbocycles. The van der Waals surface area contributed by atoms with Crippen LogP contribution in [0.15, 0.2) is 12.1 Å². The Morgan fingerprint density at radius 2 is 1.68 bits per heavy atom. The van der Waals surface area contributed by atoms with Crippen molar-refractivity contribution in [1.29, 1.82) is 0 Å². The summed E-state index contributed by atoms with van der Waals surface area (Å²) in [5.74, 6) is 0.837. The molecule has 0 aliphatic heterocycles. The molecule has 1 aliphatic rings. The molecule has 10 heteroatoms. The SMILES string of the molecule is CCOc1cc(C(=O)NC(=S)Nc2sc3c(c2C(N)=O)CC[C@H](C(C)(C)C)C3)cc(OCC)c1OCC. The first-order valence-corrected chi connectivity index (χ1v) is 13.9. The maximum Gasteiger partial charge on any atom is 0.257 e. The molecule has 0 bridgehead atoms. The van der Waals surface area contributed by atoms with E-state index in [4.69, 9.17) is 32.2 Å². The zero-order chi connectivity index (χ0) is 27.3. The minimum atomic E-state index is -0.502. The highest BCUT2D eigenvalue weighted by Gasteiger charge is 2.33. The summed E-state index contributed by atoms with van der Waals surface area (Å²) in [5, 5.41) is 6.38. The maximum absolute atomic E-state index is 13.1. The number of amides is 2. The van der Waals surface area contributed by atoms with Crippen LogP contribution in [-0.4, -0.2) is 36.7 Å². The Labute approximate surface area is 228 Å². The molecule has 3 rings (SSSR count). The van der Waals surface area contributed by atoms with Crippen LogP contribution in [0.3, 0.4) is 0 Å². The molecule has 0 fully saturated rings. The Morgan fingerprint density at radius 1 is 1.08 bits per heavy atom. The lowest BCUT2D eigenvalue weighted by Crippen LogP contribution is -2.34. The number of nitrogens with two attached hydrogens (primary N) is 1. The third-order valence-electron chi connectivity index (χ3n) is 6.36. The molecular formula is C27H37N3O5S2. The van der Waals surface area contributed by atoms with Crippen molar-refractivity contribution in [2.24, 2.45) is 17.1 Å². The molecular weight excluding hydrogens is 510 g/mol. The lowest BCUT2D eigenvalue weighted by molar-refractivity contribution is 0.0974. The van der Waals surface area contributed by atoms with Gasteiger partial charge < -0.3 is 25.3 Å². The average molecular weight is 548 g/mol. The number of anilines is 1. The summed E-state index contributed by atoms with van der Waals surface area (Å²) >= 11 is 6.92. The predicted octanol–water partition coefficient (Wildman–Crippen LogP) is 5.32. The van der Waals surface area contributed by atoms with E-state index >= 15 is 0 Å². The first-order valence-electron chi connectivity index (χ1n) is 12.6. The van der Waals surface area contributed by atoms with E-state index in [1.54, 1.807) is 12.1 Å². The average Bonchev–Trinajstić information content (AvgIpc) is 3.17. The molecule has 37 heavy (non-hydrogen) atoms. The van der Waals surface area contributed by atoms with E-state index in [2.05, 4.69) is 31.4 Å². The van der Waals surface area contributed by atoms with E-state index in [1.807, 2.05) is 20.8 Å². The van der Waals surface area contributed by atoms with Crippen LogP contribution in [0.5, 0.6) is 17.2 Å². The van der Waals surface area contributed by atoms with Crippen molar-refractivity contribution in [2.45, 2.75) is 60.8 Å². The molecule has 8 nitrogen and oxygen atoms in total. The number of thiocarbonyl (C=S) groups is 1. The summed E-state index contributed by atoms with van der Waals surface area (Å²) in [6.07, 6.45) is 2.67. The fourth-order valence-corrected chi connectivity index (χ4v) is 6.10. The van der Waals surface area contributed by atoms with Gasteiger partial charge in [0.2, 0.25) is 5.75 Å². The lowest BCUT2D eigenvalue weighted by atomic mass is 9.72. The van der Waals surface area contributed by atoms with Gasteiger partial charge in [0.25, 0.3) is 11.8 Å². The summed E-state index contributed by atoms with van der Waals surface area (Å²) in [4.78, 5) is 26.6. The number of hydrogen-bond acceptors (Lipinski definition) is 7. The van der Waals surface area contributed by atoms with Crippen molar-refractivity contribution < 1.29 is 23.8 Å². The fraction of sp³-hybridized carbons (Fsp3) is 0.519. The Kier molecular flexibility index (Phi) is 9.41. The van der Waals surface area contributed by atoms with Gasteiger partial charge in [0.05, 0.1) is 25.4 Å². The Hall–Kier alpha value is -2.85. The predicted molar refractivity (Wildman–Crippen MR) is 151 cm³/mol. The summed E-state index contributed by atoms with van der Waals surface area (Å²) in [7, 11) is 0. The van der Waals surface area contributed by atoms with Crippen molar-refractivity contribution in [3.63, 3.8) is 0 Å². The molecule has 4 N–H and O–H groups in total. The lowest BCUT2D eigenvalue weighted by Gasteiger charge is -2.33. The Morgan fingerprint density at radius 3 is 2.19 bits per heavy atom. The van der Waals surface area contributed by atoms with Gasteiger partial charge >= 0.3 is 0 Å². The summed E-state index contributed by atoms with van der Waals surface area (Å²) in [6, 6.07) is 3.20. The van der Waals surface area contributed by atoms with Crippen LogP contribution in [-0.2, 0) is 12.8 Å². The number of rotatable bonds is 9. The number of fused-ring (bicyclic) bond motifs is 1. The van der Waals surface area contributed by atoms with Gasteiger partial charge in [-0.05, 0) is 81.3 Å². The van der Waals surface area contributed by atoms with Crippen LogP contribution in [0.2, 0.25) is 0 Å². The molecule has 0 unspecified atom stereocenters. The number of ether oxygens (including phenoxy) is 3. The van der Waals surface area contributed by atoms with Crippen molar-refractivity contribution in [1.82, 2.24) is 5.32 Å². The Balaban J connectivity index is 1.83. The van der Waals surface area contributed by atoms with Crippen LogP contribution in [0.25, 0.3) is 0 Å². The number of nitrogens with one attached hydrogen (secondary N) is 2. The van der Waals surface area contributed by atoms with E-state index in [0.29, 0.717) is 59.1 Å². The number of carbonyl (C=O) groups is 2. The maximum atomic E-state index is 13.1. The fourth-order valence-electron chi connectivity index (χ4n) is 4.50. The molecule has 2 aromatic rings. The van der Waals surface area contributed by atoms with Gasteiger partial charge in [-0.15, -0.1) is 11.3 Å². The minimum absolute atomic E-state index is 0.0725. The third kappa shape index (κ3) is 6.73. The second-order valence-corrected chi connectivity index (χ2v) is 11.4. The number of hydrogen-bond donors (Lipinski definition) is 3. The topological polar surface area (TPSA) is 112 Å². The highest BCUT2D eigenvalue weighted by Crippen LogP contribution is 2.44. The van der Waals surface area contributed by atoms with E-state index in [9.17, 15) is 9.59 Å². The molecule has 1 atom stereocenters. The van der Waals surface area contributed by atoms with Gasteiger partial charge in [0.15, 0.2) is 16.6 Å². The molecule has 0 saturated carbocycles. The summed E-state index contributed by atoms with van der Waals surface area (Å²) in [5.41, 5.74) is 7.68. The van der Waals surface area contributed by atoms with Crippen molar-refractivity contribution in [2.75, 3.05) is 25.1 Å². The monoisotopic (exact) mass is 547 g/mol. The standard InChI is InChI=1S/C27H37N3O5S2/c1-7-33-18-12-15(13-19(34-8-2)22(18)35-9-3)24(32)29-26(36)30-25-21(23(28)31)17-11-10-16(27(4,5)6)14-20(17)37-25/h12-13,16H,7-11,14H2,1-6H3,(H2,28,31)(H2,29,30,32,36)/t16-/m0/s1. The zero-order valence-corrected chi connectivity index (χ0v) is 24.0. The van der Waals surface area contributed by atoms with Crippen LogP contribution in [0.1, 0.15) is 79.1 Å². The second kappa shape index (κ2) is 12.1. The van der Waals surface area contributed by atoms with Gasteiger partial charge in [-0.3, -0.25) is 14.9 Å². The van der Waals surface area contributed by atoms with Crippen molar-refractivity contribution in [3.05, 3.63) is 33.7 Å². The number of benzene rings is 1. The molecule has 2 amide bonds. The van der Waals surface area contributed by atoms with E-state index in [0.717, 1.165) is 29.7 Å². The second-order valence-electron chi connectivity index (χ2n) is 9.89. The van der Waals surface area contributed by atoms with Crippen LogP contribution >= 0.6 is 23.6 Å². The first kappa shape index (κ1) is 28.7. The van der Waals surface area contributed by atoms with Crippen molar-refractivity contribution >= 4 is 45.5 Å². The molecule has 0 saturated heterocycles. The minimum Gasteiger partial charge on any atom is -0.490 e. The molecule has 1 heterocycles. The van der Waals surface area contributed by atoms with Gasteiger partial charge in [-0.25, -0.2) is 0 Å². The van der Waals surface area contributed by atoms with Crippen molar-refractivity contribution in [3.8, 4) is 17.2 Å². The first-order chi connectivity index (χ1) is 17.5. The Bertz CT molecular complexity index is 1140. The van der Waals surface area contributed by atoms with Gasteiger partial charge in [-0.1, -0.05) is 20.8 Å². The normalized spacial score (nSPS) is 14.9. The zero-order valence-electron chi connectivity index (χ0n) is 22.4. The van der Waals surface area contributed by atoms with Gasteiger partial charge in [-0.2, -0.15) is 0 Å². The largest absolute Gasteiger partial charge is 0.490 e. The highest BCUT2D eigenvalue weighted by molar-refractivity contribution is 7.80. The van der Waals surface area contributed by atoms with E-state index < -0.39 is 11.8 Å². The van der Waals surface area contributed by atoms with Crippen LogP contribution in [0.4, 0.5) is 5.00 Å².